The second-order valence-corrected chi connectivity index (χ2v) is 5.03. The van der Waals surface area contributed by atoms with Gasteiger partial charge in [0.15, 0.2) is 5.79 Å². The molecule has 21 heavy (non-hydrogen) atoms. The summed E-state index contributed by atoms with van der Waals surface area (Å²) in [7, 11) is 1.43. The number of methoxy groups -OCH3 is 1. The number of hydrogen-bond acceptors (Lipinski definition) is 4. The van der Waals surface area contributed by atoms with Gasteiger partial charge >= 0.3 is 5.97 Å². The molecule has 0 saturated heterocycles. The lowest BCUT2D eigenvalue weighted by Crippen LogP contribution is -2.43. The Morgan fingerprint density at radius 2 is 1.95 bits per heavy atom. The summed E-state index contributed by atoms with van der Waals surface area (Å²) in [4.78, 5) is 10.4. The third-order valence-corrected chi connectivity index (χ3v) is 3.48. The second-order valence-electron chi connectivity index (χ2n) is 5.03. The summed E-state index contributed by atoms with van der Waals surface area (Å²) in [5, 5.41) is 29.3. The van der Waals surface area contributed by atoms with Crippen LogP contribution in [0, 0.1) is 5.92 Å². The smallest absolute Gasteiger partial charge is 0.327 e. The molecule has 1 aromatic rings. The molecule has 2 unspecified atom stereocenters. The number of ether oxygens (including phenoxy) is 1. The fraction of sp³-hybridized carbons (Fsp3) is 0.438. The van der Waals surface area contributed by atoms with E-state index in [1.165, 1.54) is 13.2 Å². The molecule has 0 aromatic heterocycles. The minimum atomic E-state index is -2.03. The van der Waals surface area contributed by atoms with Crippen molar-refractivity contribution < 1.29 is 24.9 Å². The van der Waals surface area contributed by atoms with Crippen molar-refractivity contribution >= 4 is 5.97 Å². The first-order chi connectivity index (χ1) is 9.89. The zero-order chi connectivity index (χ0) is 15.9. The van der Waals surface area contributed by atoms with E-state index >= 15 is 0 Å². The Kier molecular flexibility index (Phi) is 6.55. The molecular formula is C16H22O5. The first-order valence-corrected chi connectivity index (χ1v) is 6.81. The summed E-state index contributed by atoms with van der Waals surface area (Å²) < 4.78 is 5.25. The van der Waals surface area contributed by atoms with E-state index in [9.17, 15) is 15.0 Å². The summed E-state index contributed by atoms with van der Waals surface area (Å²) in [6.45, 7) is 1.70. The van der Waals surface area contributed by atoms with Gasteiger partial charge in [-0.3, -0.25) is 0 Å². The Labute approximate surface area is 124 Å². The van der Waals surface area contributed by atoms with Gasteiger partial charge in [-0.05, 0) is 18.4 Å². The van der Waals surface area contributed by atoms with E-state index in [1.54, 1.807) is 31.2 Å². The molecule has 0 heterocycles. The standard InChI is InChI=1S/C16H22O5/c1-12(8-6-7-11-14(17)18)16(19,20)15(21-2)13-9-4-3-5-10-13/h3-5,7,9-12,15,19-20H,6,8H2,1-2H3,(H,17,18). The Bertz CT molecular complexity index is 467. The number of allylic oxidation sites excluding steroid dienone is 1. The third kappa shape index (κ3) is 4.97. The number of carboxylic acids is 1. The van der Waals surface area contributed by atoms with E-state index in [-0.39, 0.29) is 0 Å². The van der Waals surface area contributed by atoms with Gasteiger partial charge in [0.25, 0.3) is 0 Å². The summed E-state index contributed by atoms with van der Waals surface area (Å²) in [5.74, 6) is -3.53. The molecule has 0 aliphatic heterocycles. The van der Waals surface area contributed by atoms with Gasteiger partial charge in [-0.15, -0.1) is 0 Å². The van der Waals surface area contributed by atoms with Crippen molar-refractivity contribution in [2.45, 2.75) is 31.7 Å². The van der Waals surface area contributed by atoms with E-state index < -0.39 is 23.8 Å². The van der Waals surface area contributed by atoms with Crippen molar-refractivity contribution in [2.75, 3.05) is 7.11 Å². The number of rotatable bonds is 8. The van der Waals surface area contributed by atoms with E-state index in [0.717, 1.165) is 6.08 Å². The van der Waals surface area contributed by atoms with E-state index in [2.05, 4.69) is 0 Å². The summed E-state index contributed by atoms with van der Waals surface area (Å²) in [5.41, 5.74) is 0.679. The zero-order valence-electron chi connectivity index (χ0n) is 12.3. The van der Waals surface area contributed by atoms with Gasteiger partial charge in [0, 0.05) is 19.1 Å². The van der Waals surface area contributed by atoms with Crippen molar-refractivity contribution in [3.05, 3.63) is 48.0 Å². The predicted octanol–water partition coefficient (Wildman–Crippen LogP) is 2.11. The van der Waals surface area contributed by atoms with Gasteiger partial charge in [-0.1, -0.05) is 43.3 Å². The normalized spacial score (nSPS) is 15.0. The lowest BCUT2D eigenvalue weighted by Gasteiger charge is -2.35. The van der Waals surface area contributed by atoms with Crippen molar-refractivity contribution in [2.24, 2.45) is 5.92 Å². The largest absolute Gasteiger partial charge is 0.478 e. The third-order valence-electron chi connectivity index (χ3n) is 3.48. The van der Waals surface area contributed by atoms with Crippen LogP contribution >= 0.6 is 0 Å². The van der Waals surface area contributed by atoms with Crippen LogP contribution in [-0.2, 0) is 9.53 Å². The fourth-order valence-electron chi connectivity index (χ4n) is 2.18. The van der Waals surface area contributed by atoms with Gasteiger partial charge in [0.05, 0.1) is 0 Å². The highest BCUT2D eigenvalue weighted by molar-refractivity contribution is 5.79. The molecule has 0 bridgehead atoms. The van der Waals surface area contributed by atoms with Crippen LogP contribution in [-0.4, -0.2) is 34.2 Å². The average molecular weight is 294 g/mol. The lowest BCUT2D eigenvalue weighted by molar-refractivity contribution is -0.264. The Morgan fingerprint density at radius 3 is 2.48 bits per heavy atom. The van der Waals surface area contributed by atoms with E-state index in [4.69, 9.17) is 9.84 Å². The molecule has 5 nitrogen and oxygen atoms in total. The molecule has 0 aliphatic rings. The number of aliphatic hydroxyl groups is 2. The minimum absolute atomic E-state index is 0.434. The zero-order valence-corrected chi connectivity index (χ0v) is 12.3. The van der Waals surface area contributed by atoms with Crippen LogP contribution in [0.3, 0.4) is 0 Å². The molecule has 116 valence electrons. The minimum Gasteiger partial charge on any atom is -0.478 e. The van der Waals surface area contributed by atoms with Crippen molar-refractivity contribution in [1.82, 2.24) is 0 Å². The van der Waals surface area contributed by atoms with E-state index in [1.807, 2.05) is 6.07 Å². The van der Waals surface area contributed by atoms with Gasteiger partial charge < -0.3 is 20.1 Å². The highest BCUT2D eigenvalue weighted by atomic mass is 16.6. The number of carbonyl (C=O) groups is 1. The number of hydrogen-bond donors (Lipinski definition) is 3. The van der Waals surface area contributed by atoms with Gasteiger partial charge in [0.2, 0.25) is 0 Å². The lowest BCUT2D eigenvalue weighted by atomic mass is 9.87. The average Bonchev–Trinajstić information content (AvgIpc) is 2.44. The molecule has 0 saturated carbocycles. The van der Waals surface area contributed by atoms with Crippen molar-refractivity contribution in [1.29, 1.82) is 0 Å². The fourth-order valence-corrected chi connectivity index (χ4v) is 2.18. The molecule has 0 fully saturated rings. The quantitative estimate of drug-likeness (QED) is 0.505. The molecule has 2 atom stereocenters. The van der Waals surface area contributed by atoms with Gasteiger partial charge in [0.1, 0.15) is 6.10 Å². The first-order valence-electron chi connectivity index (χ1n) is 6.81. The molecule has 0 radical (unpaired) electrons. The highest BCUT2D eigenvalue weighted by Gasteiger charge is 2.40. The molecular weight excluding hydrogens is 272 g/mol. The van der Waals surface area contributed by atoms with Crippen LogP contribution in [0.15, 0.2) is 42.5 Å². The van der Waals surface area contributed by atoms with Crippen LogP contribution in [0.2, 0.25) is 0 Å². The molecule has 0 spiro atoms. The summed E-state index contributed by atoms with van der Waals surface area (Å²) >= 11 is 0. The molecule has 1 rings (SSSR count). The number of benzene rings is 1. The Balaban J connectivity index is 2.74. The maximum atomic E-state index is 10.4. The highest BCUT2D eigenvalue weighted by Crippen LogP contribution is 2.34. The molecule has 5 heteroatoms. The van der Waals surface area contributed by atoms with Crippen LogP contribution in [0.4, 0.5) is 0 Å². The maximum absolute atomic E-state index is 10.4. The van der Waals surface area contributed by atoms with Gasteiger partial charge in [-0.25, -0.2) is 4.79 Å². The van der Waals surface area contributed by atoms with Gasteiger partial charge in [-0.2, -0.15) is 0 Å². The van der Waals surface area contributed by atoms with Crippen LogP contribution in [0.25, 0.3) is 0 Å². The topological polar surface area (TPSA) is 87.0 Å². The Hall–Kier alpha value is -1.69. The SMILES string of the molecule is COC(c1ccccc1)C(O)(O)C(C)CCC=CC(=O)O. The summed E-state index contributed by atoms with van der Waals surface area (Å²) in [6.07, 6.45) is 2.57. The summed E-state index contributed by atoms with van der Waals surface area (Å²) in [6, 6.07) is 8.99. The first kappa shape index (κ1) is 17.4. The monoisotopic (exact) mass is 294 g/mol. The number of carboxylic acid groups (broad SMARTS) is 1. The van der Waals surface area contributed by atoms with Crippen molar-refractivity contribution in [3.8, 4) is 0 Å². The second kappa shape index (κ2) is 7.93. The predicted molar refractivity (Wildman–Crippen MR) is 78.5 cm³/mol. The molecule has 0 amide bonds. The Morgan fingerprint density at radius 1 is 1.33 bits per heavy atom. The van der Waals surface area contributed by atoms with Crippen LogP contribution in [0.5, 0.6) is 0 Å². The molecule has 1 aromatic carbocycles. The van der Waals surface area contributed by atoms with E-state index in [0.29, 0.717) is 18.4 Å². The van der Waals surface area contributed by atoms with Crippen LogP contribution < -0.4 is 0 Å². The van der Waals surface area contributed by atoms with Crippen molar-refractivity contribution in [3.63, 3.8) is 0 Å². The molecule has 3 N–H and O–H groups in total. The maximum Gasteiger partial charge on any atom is 0.327 e. The van der Waals surface area contributed by atoms with Crippen LogP contribution in [0.1, 0.15) is 31.4 Å². The molecule has 0 aliphatic carbocycles. The number of aliphatic carboxylic acids is 1.